The van der Waals surface area contributed by atoms with E-state index in [4.69, 9.17) is 0 Å². The van der Waals surface area contributed by atoms with Crippen molar-refractivity contribution in [1.82, 2.24) is 5.01 Å². The number of hydrogen-bond donors (Lipinski definition) is 0. The molecule has 0 amide bonds. The fraction of sp³-hybridized carbons (Fsp3) is 1.00. The second-order valence-electron chi connectivity index (χ2n) is 2.09. The van der Waals surface area contributed by atoms with E-state index < -0.39 is 13.6 Å². The van der Waals surface area contributed by atoms with Gasteiger partial charge in [0.05, 0.1) is 17.9 Å². The van der Waals surface area contributed by atoms with Crippen molar-refractivity contribution in [2.45, 2.75) is 10.1 Å². The van der Waals surface area contributed by atoms with Crippen molar-refractivity contribution >= 4 is 22.6 Å². The minimum absolute atomic E-state index is 0.150. The summed E-state index contributed by atoms with van der Waals surface area (Å²) in [4.78, 5) is 19.8. The van der Waals surface area contributed by atoms with Crippen LogP contribution in [-0.2, 0) is 0 Å². The van der Waals surface area contributed by atoms with Crippen LogP contribution in [-0.4, -0.2) is 25.2 Å². The number of halogens is 1. The quantitative estimate of drug-likeness (QED) is 0.236. The number of hydrazine groups is 1. The lowest BCUT2D eigenvalue weighted by molar-refractivity contribution is -0.759. The molecule has 1 saturated heterocycles. The van der Waals surface area contributed by atoms with E-state index in [0.29, 0.717) is 5.01 Å². The fourth-order valence-corrected chi connectivity index (χ4v) is 1.45. The monoisotopic (exact) mass is 273 g/mol. The Morgan fingerprint density at radius 3 is 2.09 bits per heavy atom. The van der Waals surface area contributed by atoms with Gasteiger partial charge < -0.3 is 0 Å². The summed E-state index contributed by atoms with van der Waals surface area (Å²) in [6.07, 6.45) is 0.224. The summed E-state index contributed by atoms with van der Waals surface area (Å²) in [5.74, 6) is 0. The van der Waals surface area contributed by atoms with Crippen molar-refractivity contribution in [2.24, 2.45) is 0 Å². The Balaban J connectivity index is 2.75. The summed E-state index contributed by atoms with van der Waals surface area (Å²) in [5.41, 5.74) is 0. The Bertz CT molecular complexity index is 221. The van der Waals surface area contributed by atoms with Crippen LogP contribution >= 0.6 is 22.6 Å². The summed E-state index contributed by atoms with van der Waals surface area (Å²) in [6.45, 7) is 0.150. The van der Waals surface area contributed by atoms with Crippen LogP contribution in [0.1, 0.15) is 6.42 Å². The van der Waals surface area contributed by atoms with Crippen LogP contribution in [0.5, 0.6) is 0 Å². The number of nitro groups is 2. The van der Waals surface area contributed by atoms with Gasteiger partial charge in [0.1, 0.15) is 0 Å². The number of nitrogens with zero attached hydrogens (tertiary/aromatic N) is 3. The normalized spacial score (nSPS) is 29.4. The second kappa shape index (κ2) is 2.43. The molecule has 0 aromatic carbocycles. The molecule has 8 heteroatoms. The summed E-state index contributed by atoms with van der Waals surface area (Å²) in [6, 6.07) is 0. The summed E-state index contributed by atoms with van der Waals surface area (Å²) < 4.78 is -1.51. The zero-order chi connectivity index (χ0) is 8.65. The molecule has 1 aliphatic heterocycles. The van der Waals surface area contributed by atoms with Crippen LogP contribution in [0.4, 0.5) is 0 Å². The highest BCUT2D eigenvalue weighted by Crippen LogP contribution is 2.37. The zero-order valence-electron chi connectivity index (χ0n) is 5.27. The maximum absolute atomic E-state index is 10.3. The van der Waals surface area contributed by atoms with Crippen molar-refractivity contribution in [3.63, 3.8) is 0 Å². The third-order valence-electron chi connectivity index (χ3n) is 1.51. The lowest BCUT2D eigenvalue weighted by Crippen LogP contribution is -2.62. The predicted molar refractivity (Wildman–Crippen MR) is 42.1 cm³/mol. The molecule has 0 aromatic rings. The smallest absolute Gasteiger partial charge is 0.261 e. The largest absolute Gasteiger partial charge is 0.394 e. The molecule has 1 heterocycles. The molecule has 0 spiro atoms. The van der Waals surface area contributed by atoms with Crippen molar-refractivity contribution in [2.75, 3.05) is 6.54 Å². The van der Waals surface area contributed by atoms with Crippen molar-refractivity contribution in [1.29, 1.82) is 0 Å². The molecule has 0 aromatic heterocycles. The van der Waals surface area contributed by atoms with E-state index in [1.807, 2.05) is 0 Å². The van der Waals surface area contributed by atoms with Crippen molar-refractivity contribution in [3.8, 4) is 0 Å². The van der Waals surface area contributed by atoms with Crippen LogP contribution in [0.3, 0.4) is 0 Å². The van der Waals surface area contributed by atoms with Crippen LogP contribution in [0.2, 0.25) is 0 Å². The Hall–Kier alpha value is -0.670. The molecule has 1 atom stereocenters. The first kappa shape index (κ1) is 8.43. The first-order chi connectivity index (χ1) is 4.98. The van der Waals surface area contributed by atoms with Gasteiger partial charge in [-0.25, -0.2) is 10.1 Å². The lowest BCUT2D eigenvalue weighted by Gasteiger charge is -2.32. The molecule has 1 fully saturated rings. The SMILES string of the molecule is O=[N+]([O-])N1CCC1(I)[N+](=O)[O-]. The molecule has 62 valence electrons. The van der Waals surface area contributed by atoms with Gasteiger partial charge in [0.2, 0.25) is 0 Å². The van der Waals surface area contributed by atoms with E-state index in [1.54, 1.807) is 0 Å². The van der Waals surface area contributed by atoms with E-state index in [1.165, 1.54) is 22.6 Å². The average molecular weight is 273 g/mol. The van der Waals surface area contributed by atoms with Gasteiger partial charge in [0.25, 0.3) is 0 Å². The minimum atomic E-state index is -1.51. The van der Waals surface area contributed by atoms with Gasteiger partial charge in [0, 0.05) is 22.6 Å². The highest BCUT2D eigenvalue weighted by Gasteiger charge is 2.61. The molecular formula is C3H4IN3O4. The molecule has 1 unspecified atom stereocenters. The fourth-order valence-electron chi connectivity index (χ4n) is 0.789. The topological polar surface area (TPSA) is 89.5 Å². The molecule has 11 heavy (non-hydrogen) atoms. The van der Waals surface area contributed by atoms with E-state index >= 15 is 0 Å². The van der Waals surface area contributed by atoms with Gasteiger partial charge >= 0.3 is 3.67 Å². The molecular weight excluding hydrogens is 269 g/mol. The van der Waals surface area contributed by atoms with E-state index in [2.05, 4.69) is 0 Å². The Morgan fingerprint density at radius 1 is 1.45 bits per heavy atom. The maximum Gasteiger partial charge on any atom is 0.394 e. The summed E-state index contributed by atoms with van der Waals surface area (Å²) in [7, 11) is 0. The van der Waals surface area contributed by atoms with Crippen molar-refractivity contribution < 1.29 is 9.96 Å². The highest BCUT2D eigenvalue weighted by molar-refractivity contribution is 14.1. The van der Waals surface area contributed by atoms with Gasteiger partial charge in [-0.05, 0) is 5.01 Å². The Morgan fingerprint density at radius 2 is 2.00 bits per heavy atom. The second-order valence-corrected chi connectivity index (χ2v) is 3.81. The van der Waals surface area contributed by atoms with E-state index in [0.717, 1.165) is 0 Å². The van der Waals surface area contributed by atoms with Crippen molar-refractivity contribution in [3.05, 3.63) is 20.2 Å². The molecule has 1 aliphatic rings. The van der Waals surface area contributed by atoms with Gasteiger partial charge in [0.15, 0.2) is 5.03 Å². The van der Waals surface area contributed by atoms with Gasteiger partial charge in [-0.15, -0.1) is 0 Å². The highest BCUT2D eigenvalue weighted by atomic mass is 127. The standard InChI is InChI=1S/C3H4IN3O4/c4-3(6(8)9)1-2-5(3)7(10)11/h1-2H2. The molecule has 0 N–H and O–H groups in total. The van der Waals surface area contributed by atoms with Crippen LogP contribution < -0.4 is 0 Å². The summed E-state index contributed by atoms with van der Waals surface area (Å²) in [5, 5.41) is 20.3. The average Bonchev–Trinajstić information content (AvgIpc) is 1.82. The predicted octanol–water partition coefficient (Wildman–Crippen LogP) is 0.249. The molecule has 7 nitrogen and oxygen atoms in total. The van der Waals surface area contributed by atoms with Crippen LogP contribution in [0.25, 0.3) is 0 Å². The van der Waals surface area contributed by atoms with E-state index in [9.17, 15) is 20.2 Å². The third kappa shape index (κ3) is 1.10. The number of alkyl halides is 1. The van der Waals surface area contributed by atoms with Crippen LogP contribution in [0, 0.1) is 20.2 Å². The van der Waals surface area contributed by atoms with Crippen LogP contribution in [0.15, 0.2) is 0 Å². The van der Waals surface area contributed by atoms with Gasteiger partial charge in [-0.2, -0.15) is 0 Å². The molecule has 0 aliphatic carbocycles. The maximum atomic E-state index is 10.3. The summed E-state index contributed by atoms with van der Waals surface area (Å²) >= 11 is 1.48. The zero-order valence-corrected chi connectivity index (χ0v) is 7.42. The van der Waals surface area contributed by atoms with Gasteiger partial charge in [-0.1, -0.05) is 0 Å². The van der Waals surface area contributed by atoms with E-state index in [-0.39, 0.29) is 13.0 Å². The minimum Gasteiger partial charge on any atom is -0.261 e. The molecule has 0 radical (unpaired) electrons. The lowest BCUT2D eigenvalue weighted by atomic mass is 10.2. The Labute approximate surface area is 74.8 Å². The number of hydrogen-bond acceptors (Lipinski definition) is 4. The molecule has 0 bridgehead atoms. The van der Waals surface area contributed by atoms with Gasteiger partial charge in [-0.3, -0.25) is 10.1 Å². The Kier molecular flexibility index (Phi) is 1.86. The molecule has 0 saturated carbocycles. The molecule has 1 rings (SSSR count). The third-order valence-corrected chi connectivity index (χ3v) is 3.00. The first-order valence-electron chi connectivity index (χ1n) is 2.74. The number of rotatable bonds is 2. The first-order valence-corrected chi connectivity index (χ1v) is 3.82.